The maximum Gasteiger partial charge on any atom is 0.417 e. The van der Waals surface area contributed by atoms with Gasteiger partial charge in [-0.2, -0.15) is 14.9 Å². The number of likely N-dealkylation sites (N-methyl/N-ethyl adjacent to an activating group) is 3. The zero-order chi connectivity index (χ0) is 81.5. The van der Waals surface area contributed by atoms with Crippen molar-refractivity contribution in [2.75, 3.05) is 66.1 Å². The lowest BCUT2D eigenvalue weighted by Gasteiger charge is -2.15. The summed E-state index contributed by atoms with van der Waals surface area (Å²) in [5, 5.41) is 45.6. The van der Waals surface area contributed by atoms with Crippen LogP contribution in [0, 0.1) is 5.92 Å². The molecule has 584 valence electrons. The monoisotopic (exact) mass is 1550 g/mol. The summed E-state index contributed by atoms with van der Waals surface area (Å²) in [6.45, 7) is 14.1. The summed E-state index contributed by atoms with van der Waals surface area (Å²) in [6.07, 6.45) is 10.5. The van der Waals surface area contributed by atoms with E-state index < -0.39 is 64.0 Å². The van der Waals surface area contributed by atoms with Crippen molar-refractivity contribution in [1.82, 2.24) is 123 Å². The van der Waals surface area contributed by atoms with Gasteiger partial charge in [-0.25, -0.2) is 60.9 Å². The summed E-state index contributed by atoms with van der Waals surface area (Å²) in [5.41, 5.74) is -0.308. The number of carbonyl (C=O) groups is 14. The van der Waals surface area contributed by atoms with Gasteiger partial charge < -0.3 is 24.2 Å². The number of hydrogen-bond donors (Lipinski definition) is 1. The molecule has 4 aliphatic rings. The molecule has 1 N–H and O–H groups in total. The van der Waals surface area contributed by atoms with Crippen LogP contribution in [0.1, 0.15) is 102 Å². The number of ketones is 3. The molecule has 4 aliphatic heterocycles. The highest BCUT2D eigenvalue weighted by molar-refractivity contribution is 8.13. The SMILES string of the molecule is CC(=O)CN1CC(=O)N(C)C1=O.CC(=O)Cc1ncnn1C.CC(=O)Sc1nnnn1C.CC(=O)c1cnn(C)c1.CC1C(=O)N(C)C(=O)N1CC(=O)O.CC1CC(=O)N(C)C1=O.CCC1OC(=O)N(C)C1=O.CCc1nncn1C.CSc1nnnn1C(C)=O.Cn1c(=O)n(C)n(CCS(C)(=O)=O)c1=O. The smallest absolute Gasteiger partial charge is 0.417 e. The van der Waals surface area contributed by atoms with Crippen LogP contribution in [0.25, 0.3) is 0 Å². The van der Waals surface area contributed by atoms with Crippen LogP contribution in [-0.2, 0) is 119 Å². The van der Waals surface area contributed by atoms with Crippen molar-refractivity contribution < 1.29 is 85.4 Å². The van der Waals surface area contributed by atoms with Gasteiger partial charge in [0.2, 0.25) is 33.9 Å². The number of Topliss-reactive ketones (excluding diaryl/α,β-unsaturated/α-hetero) is 3. The fourth-order valence-electron chi connectivity index (χ4n) is 8.09. The number of urea groups is 2. The van der Waals surface area contributed by atoms with Crippen LogP contribution in [0.3, 0.4) is 0 Å². The first-order valence-electron chi connectivity index (χ1n) is 31.2. The summed E-state index contributed by atoms with van der Waals surface area (Å²) in [4.78, 5) is 184. The van der Waals surface area contributed by atoms with Crippen LogP contribution in [0.5, 0.6) is 0 Å². The number of carboxylic acid groups (broad SMARTS) is 1. The number of rotatable bonds is 14. The Hall–Kier alpha value is -11.2. The minimum absolute atomic E-state index is 0.00968. The number of aliphatic carboxylic acids is 1. The van der Waals surface area contributed by atoms with Crippen LogP contribution in [0.4, 0.5) is 14.4 Å². The fourth-order valence-corrected chi connectivity index (χ4v) is 9.56. The Bertz CT molecular complexity index is 4280. The van der Waals surface area contributed by atoms with Crippen molar-refractivity contribution in [1.29, 1.82) is 0 Å². The van der Waals surface area contributed by atoms with Crippen LogP contribution in [0.2, 0.25) is 0 Å². The standard InChI is InChI=1S/C7H13N3O4S.C7H10N2O4.C7H10N2O3.C6H9N3O.C6H8N2O.C6H9NO3.C6H9NO2.C5H9N3.2C4H6N4OS/c1-8-6(11)9(2)10(7(8)12)4-5-15(3,13)14;1-4-6(12)8(2)7(13)9(4)3-5(10)11;1-5(10)3-9-4-6(11)8(2)7(9)12;1-5(10)3-6-7-4-8-9(6)2;1-5(9)6-3-7-8(2)4-6;1-3-4-5(8)7(2)6(9)10-4;1-4-3-5(8)7(2)6(4)9;1-3-5-7-6-4-8(5)2;1-3(9)8-4(10-2)5-6-7-8;1-3(9)10-4-5-6-7-8(4)2/h4-5H2,1-3H3;4H,3H2,1-2H3,(H,10,11);3-4H2,1-2H3;4H,3H2,1-2H3;3-4H,1-2H3;4H,3H2,1-2H3;4H,3H2,1-2H3;4H,3H2,1-2H3;2*1-2H3. The molecular formula is C58H89N25O20S3. The summed E-state index contributed by atoms with van der Waals surface area (Å²) in [7, 11) is 12.5. The lowest BCUT2D eigenvalue weighted by Crippen LogP contribution is -2.37. The van der Waals surface area contributed by atoms with E-state index in [0.29, 0.717) is 41.0 Å². The number of likely N-dealkylation sites (tertiary alicyclic amines) is 1. The molecule has 106 heavy (non-hydrogen) atoms. The lowest BCUT2D eigenvalue weighted by molar-refractivity contribution is -0.139. The molecule has 0 bridgehead atoms. The van der Waals surface area contributed by atoms with Gasteiger partial charge in [-0.05, 0) is 73.0 Å². The third kappa shape index (κ3) is 29.9. The van der Waals surface area contributed by atoms with E-state index in [2.05, 4.69) is 68.1 Å². The van der Waals surface area contributed by atoms with Gasteiger partial charge in [-0.1, -0.05) is 32.5 Å². The molecule has 0 spiro atoms. The van der Waals surface area contributed by atoms with Crippen molar-refractivity contribution in [3.8, 4) is 0 Å². The lowest BCUT2D eigenvalue weighted by atomic mass is 10.1. The summed E-state index contributed by atoms with van der Waals surface area (Å²) >= 11 is 2.36. The number of thioether (sulfide) groups is 2. The molecule has 4 saturated heterocycles. The number of nitrogens with zero attached hydrogens (tertiary/aromatic N) is 25. The van der Waals surface area contributed by atoms with Crippen molar-refractivity contribution >= 4 is 115 Å². The van der Waals surface area contributed by atoms with E-state index in [0.717, 1.165) is 68.5 Å². The molecule has 0 saturated carbocycles. The number of amides is 10. The van der Waals surface area contributed by atoms with Crippen LogP contribution < -0.4 is 11.4 Å². The molecule has 0 radical (unpaired) electrons. The maximum absolute atomic E-state index is 11.4. The van der Waals surface area contributed by atoms with Crippen molar-refractivity contribution in [3.05, 3.63) is 63.2 Å². The predicted molar refractivity (Wildman–Crippen MR) is 372 cm³/mol. The number of ether oxygens (including phenoxy) is 1. The number of aryl methyl sites for hydroxylation is 5. The maximum atomic E-state index is 11.4. The molecule has 0 aromatic carbocycles. The molecule has 10 heterocycles. The van der Waals surface area contributed by atoms with Gasteiger partial charge >= 0.3 is 35.5 Å². The van der Waals surface area contributed by atoms with Gasteiger partial charge in [-0.15, -0.1) is 20.4 Å². The molecule has 45 nitrogen and oxygen atoms in total. The van der Waals surface area contributed by atoms with Gasteiger partial charge in [0.15, 0.2) is 17.0 Å². The number of hydrogen-bond acceptors (Lipinski definition) is 32. The van der Waals surface area contributed by atoms with Gasteiger partial charge in [0.1, 0.15) is 64.8 Å². The molecule has 10 rings (SSSR count). The Balaban J connectivity index is 0.000000592. The topological polar surface area (TPSA) is 537 Å². The molecular weight excluding hydrogens is 1460 g/mol. The Morgan fingerprint density at radius 3 is 1.58 bits per heavy atom. The first kappa shape index (κ1) is 92.8. The molecule has 6 aromatic rings. The van der Waals surface area contributed by atoms with Crippen LogP contribution in [-0.4, -0.2) is 297 Å². The molecule has 4 fully saturated rings. The van der Waals surface area contributed by atoms with E-state index >= 15 is 0 Å². The minimum Gasteiger partial charge on any atom is -0.480 e. The van der Waals surface area contributed by atoms with Gasteiger partial charge in [0.05, 0.1) is 37.0 Å². The fraction of sp³-hybridized carbons (Fsp3) is 0.569. The van der Waals surface area contributed by atoms with Gasteiger partial charge in [0, 0.05) is 116 Å². The molecule has 0 aliphatic carbocycles. The second-order valence-corrected chi connectivity index (χ2v) is 26.9. The van der Waals surface area contributed by atoms with Crippen LogP contribution in [0.15, 0.2) is 45.0 Å². The van der Waals surface area contributed by atoms with E-state index in [9.17, 15) is 85.1 Å². The number of sulfone groups is 1. The third-order valence-electron chi connectivity index (χ3n) is 14.1. The minimum atomic E-state index is -3.14. The number of tetrazole rings is 2. The summed E-state index contributed by atoms with van der Waals surface area (Å²) in [5.74, 6) is -0.750. The Morgan fingerprint density at radius 1 is 0.679 bits per heavy atom. The Kier molecular flexibility index (Phi) is 38.4. The first-order valence-corrected chi connectivity index (χ1v) is 35.3. The number of cyclic esters (lactones) is 1. The number of imide groups is 4. The van der Waals surface area contributed by atoms with E-state index in [-0.39, 0.29) is 89.2 Å². The number of carboxylic acids is 1. The molecule has 3 unspecified atom stereocenters. The van der Waals surface area contributed by atoms with Crippen molar-refractivity contribution in [3.63, 3.8) is 0 Å². The number of aromatic nitrogens is 19. The second-order valence-electron chi connectivity index (χ2n) is 22.8. The van der Waals surface area contributed by atoms with Crippen molar-refractivity contribution in [2.24, 2.45) is 48.2 Å². The Labute approximate surface area is 615 Å². The molecule has 10 amide bonds. The Morgan fingerprint density at radius 2 is 1.28 bits per heavy atom. The predicted octanol–water partition coefficient (Wildman–Crippen LogP) is -2.01. The van der Waals surface area contributed by atoms with Crippen molar-refractivity contribution in [2.45, 2.75) is 117 Å². The average molecular weight is 1550 g/mol. The highest BCUT2D eigenvalue weighted by atomic mass is 32.2. The van der Waals surface area contributed by atoms with E-state index in [1.807, 2.05) is 17.9 Å². The molecule has 3 atom stereocenters. The normalized spacial score (nSPS) is 15.5. The second kappa shape index (κ2) is 43.8. The first-order chi connectivity index (χ1) is 49.2. The van der Waals surface area contributed by atoms with Crippen LogP contribution >= 0.6 is 23.5 Å². The number of carbonyl (C=O) groups excluding carboxylic acids is 13. The van der Waals surface area contributed by atoms with E-state index in [1.165, 1.54) is 116 Å². The highest BCUT2D eigenvalue weighted by Crippen LogP contribution is 2.17. The molecule has 48 heteroatoms. The molecule has 6 aromatic heterocycles. The largest absolute Gasteiger partial charge is 0.480 e. The third-order valence-corrected chi connectivity index (χ3v) is 16.4. The van der Waals surface area contributed by atoms with Gasteiger partial charge in [-0.3, -0.25) is 76.8 Å². The summed E-state index contributed by atoms with van der Waals surface area (Å²) < 4.78 is 37.4. The van der Waals surface area contributed by atoms with Gasteiger partial charge in [0.25, 0.3) is 11.8 Å². The van der Waals surface area contributed by atoms with E-state index in [1.54, 1.807) is 63.1 Å². The quantitative estimate of drug-likeness (QED) is 0.0405. The van der Waals surface area contributed by atoms with E-state index in [4.69, 9.17) is 5.11 Å². The summed E-state index contributed by atoms with van der Waals surface area (Å²) in [6, 6.07) is -1.62. The average Bonchev–Trinajstić information content (AvgIpc) is 1.67. The highest BCUT2D eigenvalue weighted by Gasteiger charge is 2.41. The zero-order valence-corrected chi connectivity index (χ0v) is 65.0. The zero-order valence-electron chi connectivity index (χ0n) is 62.5.